The second-order valence-corrected chi connectivity index (χ2v) is 5.34. The predicted octanol–water partition coefficient (Wildman–Crippen LogP) is 3.27. The van der Waals surface area contributed by atoms with E-state index < -0.39 is 6.10 Å². The van der Waals surface area contributed by atoms with Gasteiger partial charge < -0.3 is 5.11 Å². The molecule has 2 aromatic rings. The van der Waals surface area contributed by atoms with Crippen molar-refractivity contribution in [1.29, 1.82) is 0 Å². The van der Waals surface area contributed by atoms with E-state index in [9.17, 15) is 9.50 Å². The molecule has 2 aromatic carbocycles. The Balaban J connectivity index is 1.56. The van der Waals surface area contributed by atoms with E-state index in [1.54, 1.807) is 12.1 Å². The Labute approximate surface area is 118 Å². The van der Waals surface area contributed by atoms with E-state index >= 15 is 0 Å². The van der Waals surface area contributed by atoms with Gasteiger partial charge in [0.1, 0.15) is 5.82 Å². The number of rotatable bonds is 4. The Morgan fingerprint density at radius 1 is 1.05 bits per heavy atom. The van der Waals surface area contributed by atoms with Gasteiger partial charge in [-0.05, 0) is 35.2 Å². The van der Waals surface area contributed by atoms with Crippen LogP contribution in [-0.2, 0) is 13.1 Å². The fourth-order valence-electron chi connectivity index (χ4n) is 2.75. The molecule has 1 aliphatic rings. The van der Waals surface area contributed by atoms with Crippen molar-refractivity contribution < 1.29 is 9.50 Å². The lowest BCUT2D eigenvalue weighted by Crippen LogP contribution is -2.19. The number of hydrogen-bond donors (Lipinski definition) is 1. The van der Waals surface area contributed by atoms with Gasteiger partial charge in [0, 0.05) is 19.6 Å². The highest BCUT2D eigenvalue weighted by Gasteiger charge is 2.19. The fraction of sp³-hybridized carbons (Fsp3) is 0.294. The Morgan fingerprint density at radius 2 is 1.75 bits per heavy atom. The zero-order valence-corrected chi connectivity index (χ0v) is 11.3. The van der Waals surface area contributed by atoms with Gasteiger partial charge >= 0.3 is 0 Å². The number of aliphatic hydroxyl groups is 1. The zero-order chi connectivity index (χ0) is 13.9. The molecule has 2 nitrogen and oxygen atoms in total. The molecule has 0 amide bonds. The van der Waals surface area contributed by atoms with E-state index in [0.29, 0.717) is 12.0 Å². The molecule has 0 aromatic heterocycles. The summed E-state index contributed by atoms with van der Waals surface area (Å²) in [7, 11) is 0. The van der Waals surface area contributed by atoms with E-state index in [1.165, 1.54) is 23.3 Å². The van der Waals surface area contributed by atoms with Gasteiger partial charge in [0.05, 0.1) is 6.10 Å². The zero-order valence-electron chi connectivity index (χ0n) is 11.3. The monoisotopic (exact) mass is 271 g/mol. The van der Waals surface area contributed by atoms with Crippen LogP contribution in [0.5, 0.6) is 0 Å². The van der Waals surface area contributed by atoms with Crippen molar-refractivity contribution in [3.63, 3.8) is 0 Å². The first-order valence-electron chi connectivity index (χ1n) is 6.95. The van der Waals surface area contributed by atoms with Crippen molar-refractivity contribution in [3.05, 3.63) is 71.0 Å². The van der Waals surface area contributed by atoms with Crippen LogP contribution in [0.4, 0.5) is 4.39 Å². The number of aliphatic hydroxyl groups excluding tert-OH is 1. The normalized spacial score (nSPS) is 16.1. The quantitative estimate of drug-likeness (QED) is 0.922. The van der Waals surface area contributed by atoms with Gasteiger partial charge in [-0.3, -0.25) is 4.90 Å². The molecule has 1 heterocycles. The topological polar surface area (TPSA) is 23.5 Å². The molecule has 0 bridgehead atoms. The highest BCUT2D eigenvalue weighted by molar-refractivity contribution is 5.30. The molecule has 1 aliphatic heterocycles. The molecule has 0 fully saturated rings. The third kappa shape index (κ3) is 2.89. The molecule has 1 unspecified atom stereocenters. The van der Waals surface area contributed by atoms with E-state index in [0.717, 1.165) is 19.6 Å². The molecule has 1 atom stereocenters. The van der Waals surface area contributed by atoms with Gasteiger partial charge in [-0.1, -0.05) is 36.4 Å². The second kappa shape index (κ2) is 5.73. The average molecular weight is 271 g/mol. The van der Waals surface area contributed by atoms with Crippen LogP contribution in [0.1, 0.15) is 29.2 Å². The number of halogens is 1. The summed E-state index contributed by atoms with van der Waals surface area (Å²) in [5.74, 6) is -0.296. The highest BCUT2D eigenvalue weighted by atomic mass is 19.1. The molecule has 1 N–H and O–H groups in total. The maximum absolute atomic E-state index is 13.1. The second-order valence-electron chi connectivity index (χ2n) is 5.34. The Hall–Kier alpha value is -1.71. The van der Waals surface area contributed by atoms with Crippen molar-refractivity contribution in [1.82, 2.24) is 4.90 Å². The first kappa shape index (κ1) is 13.3. The molecule has 0 radical (unpaired) electrons. The summed E-state index contributed by atoms with van der Waals surface area (Å²) < 4.78 is 13.1. The van der Waals surface area contributed by atoms with Gasteiger partial charge in [0.25, 0.3) is 0 Å². The maximum atomic E-state index is 13.1. The lowest BCUT2D eigenvalue weighted by atomic mass is 10.1. The van der Waals surface area contributed by atoms with Crippen molar-refractivity contribution in [2.75, 3.05) is 6.54 Å². The van der Waals surface area contributed by atoms with Gasteiger partial charge in [-0.2, -0.15) is 0 Å². The molecule has 104 valence electrons. The van der Waals surface area contributed by atoms with Gasteiger partial charge in [-0.15, -0.1) is 0 Å². The number of fused-ring (bicyclic) bond motifs is 1. The van der Waals surface area contributed by atoms with E-state index in [2.05, 4.69) is 29.2 Å². The first-order valence-corrected chi connectivity index (χ1v) is 6.95. The molecular weight excluding hydrogens is 253 g/mol. The fourth-order valence-corrected chi connectivity index (χ4v) is 2.75. The van der Waals surface area contributed by atoms with E-state index in [-0.39, 0.29) is 5.82 Å². The maximum Gasteiger partial charge on any atom is 0.123 e. The number of nitrogens with zero attached hydrogens (tertiary/aromatic N) is 1. The predicted molar refractivity (Wildman–Crippen MR) is 76.5 cm³/mol. The largest absolute Gasteiger partial charge is 0.388 e. The summed E-state index contributed by atoms with van der Waals surface area (Å²) in [6.45, 7) is 2.68. The summed E-state index contributed by atoms with van der Waals surface area (Å²) in [5, 5.41) is 10.1. The third-order valence-corrected chi connectivity index (χ3v) is 3.86. The lowest BCUT2D eigenvalue weighted by molar-refractivity contribution is 0.141. The third-order valence-electron chi connectivity index (χ3n) is 3.86. The molecule has 0 saturated carbocycles. The average Bonchev–Trinajstić information content (AvgIpc) is 2.87. The summed E-state index contributed by atoms with van der Waals surface area (Å²) >= 11 is 0. The van der Waals surface area contributed by atoms with Crippen LogP contribution in [0.3, 0.4) is 0 Å². The Kier molecular flexibility index (Phi) is 3.81. The molecule has 0 aliphatic carbocycles. The summed E-state index contributed by atoms with van der Waals surface area (Å²) in [4.78, 5) is 2.31. The number of benzene rings is 2. The van der Waals surface area contributed by atoms with Gasteiger partial charge in [0.15, 0.2) is 0 Å². The standard InChI is InChI=1S/C17H18FNO/c18-16-7-3-6-13(10-16)17(20)8-9-19-11-14-4-1-2-5-15(14)12-19/h1-7,10,17,20H,8-9,11-12H2. The SMILES string of the molecule is OC(CCN1Cc2ccccc2C1)c1cccc(F)c1. The number of hydrogen-bond acceptors (Lipinski definition) is 2. The summed E-state index contributed by atoms with van der Waals surface area (Å²) in [5.41, 5.74) is 3.39. The van der Waals surface area contributed by atoms with Crippen LogP contribution in [0, 0.1) is 5.82 Å². The minimum Gasteiger partial charge on any atom is -0.388 e. The summed E-state index contributed by atoms with van der Waals surface area (Å²) in [6.07, 6.45) is 0.0201. The van der Waals surface area contributed by atoms with Crippen LogP contribution in [0.15, 0.2) is 48.5 Å². The van der Waals surface area contributed by atoms with E-state index in [1.807, 2.05) is 0 Å². The highest BCUT2D eigenvalue weighted by Crippen LogP contribution is 2.24. The minimum atomic E-state index is -0.602. The van der Waals surface area contributed by atoms with Gasteiger partial charge in [-0.25, -0.2) is 4.39 Å². The summed E-state index contributed by atoms with van der Waals surface area (Å²) in [6, 6.07) is 14.6. The smallest absolute Gasteiger partial charge is 0.123 e. The molecule has 3 rings (SSSR count). The Morgan fingerprint density at radius 3 is 2.40 bits per heavy atom. The van der Waals surface area contributed by atoms with Crippen LogP contribution < -0.4 is 0 Å². The first-order chi connectivity index (χ1) is 9.72. The minimum absolute atomic E-state index is 0.296. The Bertz CT molecular complexity index is 574. The molecule has 3 heteroatoms. The van der Waals surface area contributed by atoms with Crippen LogP contribution in [-0.4, -0.2) is 16.6 Å². The van der Waals surface area contributed by atoms with Crippen molar-refractivity contribution in [2.24, 2.45) is 0 Å². The molecule has 0 saturated heterocycles. The van der Waals surface area contributed by atoms with Crippen molar-refractivity contribution >= 4 is 0 Å². The van der Waals surface area contributed by atoms with Crippen molar-refractivity contribution in [2.45, 2.75) is 25.6 Å². The van der Waals surface area contributed by atoms with Gasteiger partial charge in [0.2, 0.25) is 0 Å². The van der Waals surface area contributed by atoms with Crippen LogP contribution in [0.25, 0.3) is 0 Å². The van der Waals surface area contributed by atoms with Crippen molar-refractivity contribution in [3.8, 4) is 0 Å². The molecular formula is C17H18FNO. The molecule has 0 spiro atoms. The van der Waals surface area contributed by atoms with E-state index in [4.69, 9.17) is 0 Å². The van der Waals surface area contributed by atoms with Crippen LogP contribution >= 0.6 is 0 Å². The molecule has 20 heavy (non-hydrogen) atoms. The lowest BCUT2D eigenvalue weighted by Gasteiger charge is -2.17. The van der Waals surface area contributed by atoms with Crippen LogP contribution in [0.2, 0.25) is 0 Å².